The number of aromatic amines is 1. The van der Waals surface area contributed by atoms with Crippen LogP contribution in [0.2, 0.25) is 0 Å². The number of carbonyl (C=O) groups excluding carboxylic acids is 1. The number of nitriles is 1. The van der Waals surface area contributed by atoms with Crippen molar-refractivity contribution in [2.24, 2.45) is 5.92 Å². The third-order valence-corrected chi connectivity index (χ3v) is 5.95. The molecule has 0 radical (unpaired) electrons. The largest absolute Gasteiger partial charge is 0.370 e. The number of nitrogens with zero attached hydrogens (tertiary/aromatic N) is 3. The first kappa shape index (κ1) is 18.6. The number of rotatable bonds is 6. The molecule has 3 heterocycles. The molecular formula is C23H24N6O. The smallest absolute Gasteiger partial charge is 0.228 e. The molecule has 1 aliphatic carbocycles. The molecule has 2 aliphatic rings. The van der Waals surface area contributed by atoms with Crippen molar-refractivity contribution < 1.29 is 4.79 Å². The summed E-state index contributed by atoms with van der Waals surface area (Å²) in [5.41, 5.74) is 5.22. The Morgan fingerprint density at radius 1 is 1.37 bits per heavy atom. The zero-order chi connectivity index (χ0) is 20.7. The van der Waals surface area contributed by atoms with Crippen molar-refractivity contribution in [1.82, 2.24) is 15.3 Å². The van der Waals surface area contributed by atoms with Crippen LogP contribution in [-0.2, 0) is 11.3 Å². The van der Waals surface area contributed by atoms with E-state index in [4.69, 9.17) is 0 Å². The lowest BCUT2D eigenvalue weighted by Crippen LogP contribution is -2.37. The number of nitrogens with one attached hydrogen (secondary N) is 3. The van der Waals surface area contributed by atoms with Gasteiger partial charge in [-0.15, -0.1) is 0 Å². The molecule has 2 fully saturated rings. The summed E-state index contributed by atoms with van der Waals surface area (Å²) in [6.07, 6.45) is 4.85. The Labute approximate surface area is 175 Å². The van der Waals surface area contributed by atoms with E-state index in [1.807, 2.05) is 25.2 Å². The summed E-state index contributed by atoms with van der Waals surface area (Å²) in [6, 6.07) is 10.5. The molecule has 1 saturated carbocycles. The second-order valence-electron chi connectivity index (χ2n) is 8.05. The molecule has 7 heteroatoms. The normalized spacial score (nSPS) is 15.7. The lowest BCUT2D eigenvalue weighted by Gasteiger charge is -2.34. The number of H-pyrrole nitrogens is 1. The number of hydrogen-bond acceptors (Lipinski definition) is 5. The zero-order valence-corrected chi connectivity index (χ0v) is 17.0. The van der Waals surface area contributed by atoms with Crippen LogP contribution in [0.25, 0.3) is 22.2 Å². The van der Waals surface area contributed by atoms with E-state index in [1.54, 1.807) is 6.20 Å². The van der Waals surface area contributed by atoms with E-state index in [-0.39, 0.29) is 11.8 Å². The zero-order valence-electron chi connectivity index (χ0n) is 17.0. The van der Waals surface area contributed by atoms with Gasteiger partial charge in [0.05, 0.1) is 16.8 Å². The summed E-state index contributed by atoms with van der Waals surface area (Å²) in [7, 11) is 1.90. The van der Waals surface area contributed by atoms with Crippen LogP contribution in [0.5, 0.6) is 0 Å². The summed E-state index contributed by atoms with van der Waals surface area (Å²) >= 11 is 0. The monoisotopic (exact) mass is 400 g/mol. The maximum Gasteiger partial charge on any atom is 0.228 e. The first-order chi connectivity index (χ1) is 14.7. The summed E-state index contributed by atoms with van der Waals surface area (Å²) in [6.45, 7) is 2.63. The molecule has 0 unspecified atom stereocenters. The average Bonchev–Trinajstić information content (AvgIpc) is 3.47. The second kappa shape index (κ2) is 7.47. The van der Waals surface area contributed by atoms with Crippen LogP contribution in [0.1, 0.15) is 30.4 Å². The molecule has 30 heavy (non-hydrogen) atoms. The van der Waals surface area contributed by atoms with Gasteiger partial charge in [-0.25, -0.2) is 4.98 Å². The van der Waals surface area contributed by atoms with Crippen LogP contribution in [0.4, 0.5) is 11.5 Å². The third-order valence-electron chi connectivity index (χ3n) is 5.95. The molecule has 3 N–H and O–H groups in total. The second-order valence-corrected chi connectivity index (χ2v) is 8.05. The van der Waals surface area contributed by atoms with Crippen LogP contribution >= 0.6 is 0 Å². The highest BCUT2D eigenvalue weighted by Gasteiger charge is 2.30. The summed E-state index contributed by atoms with van der Waals surface area (Å²) in [5, 5.41) is 17.1. The number of carbonyl (C=O) groups is 1. The molecule has 7 nitrogen and oxygen atoms in total. The fourth-order valence-electron chi connectivity index (χ4n) is 4.01. The van der Waals surface area contributed by atoms with Gasteiger partial charge in [0.2, 0.25) is 5.91 Å². The molecule has 0 atom stereocenters. The number of pyridine rings is 1. The van der Waals surface area contributed by atoms with Crippen LogP contribution in [0.15, 0.2) is 30.5 Å². The minimum Gasteiger partial charge on any atom is -0.370 e. The van der Waals surface area contributed by atoms with Gasteiger partial charge < -0.3 is 20.5 Å². The van der Waals surface area contributed by atoms with Gasteiger partial charge in [0.15, 0.2) is 5.82 Å². The number of hydrogen-bond donors (Lipinski definition) is 3. The standard InChI is InChI=1S/C23H24N6O/c1-25-12-15-13-26-22(28-23(30)14-6-7-14)21-17(15)10-19(27-21)16-4-2-5-20(18(16)11-24)29-8-3-9-29/h2,4-5,10,13-14,25,27H,3,6-9,12H2,1H3,(H,26,28,30). The topological polar surface area (TPSA) is 96.8 Å². The molecule has 1 aromatic carbocycles. The summed E-state index contributed by atoms with van der Waals surface area (Å²) in [5.74, 6) is 0.677. The minimum atomic E-state index is 0.0267. The van der Waals surface area contributed by atoms with Gasteiger partial charge in [-0.3, -0.25) is 4.79 Å². The predicted molar refractivity (Wildman–Crippen MR) is 117 cm³/mol. The minimum absolute atomic E-state index is 0.0267. The summed E-state index contributed by atoms with van der Waals surface area (Å²) < 4.78 is 0. The molecule has 1 aliphatic heterocycles. The molecule has 152 valence electrons. The maximum absolute atomic E-state index is 12.3. The van der Waals surface area contributed by atoms with E-state index < -0.39 is 0 Å². The maximum atomic E-state index is 12.3. The van der Waals surface area contributed by atoms with Crippen LogP contribution < -0.4 is 15.5 Å². The molecule has 1 amide bonds. The number of fused-ring (bicyclic) bond motifs is 1. The Kier molecular flexibility index (Phi) is 4.64. The van der Waals surface area contributed by atoms with Crippen molar-refractivity contribution in [2.45, 2.75) is 25.8 Å². The third kappa shape index (κ3) is 3.19. The van der Waals surface area contributed by atoms with E-state index in [2.05, 4.69) is 37.6 Å². The van der Waals surface area contributed by atoms with E-state index in [9.17, 15) is 10.1 Å². The number of aromatic nitrogens is 2. The van der Waals surface area contributed by atoms with Crippen molar-refractivity contribution in [3.05, 3.63) is 41.6 Å². The fourth-order valence-corrected chi connectivity index (χ4v) is 4.01. The van der Waals surface area contributed by atoms with E-state index >= 15 is 0 Å². The Hall–Kier alpha value is -3.37. The first-order valence-electron chi connectivity index (χ1n) is 10.4. The van der Waals surface area contributed by atoms with E-state index in [0.29, 0.717) is 17.9 Å². The fraction of sp³-hybridized carbons (Fsp3) is 0.348. The van der Waals surface area contributed by atoms with Gasteiger partial charge in [0.25, 0.3) is 0 Å². The predicted octanol–water partition coefficient (Wildman–Crippen LogP) is 3.38. The lowest BCUT2D eigenvalue weighted by molar-refractivity contribution is -0.117. The quantitative estimate of drug-likeness (QED) is 0.589. The average molecular weight is 400 g/mol. The van der Waals surface area contributed by atoms with Crippen LogP contribution in [0, 0.1) is 17.2 Å². The van der Waals surface area contributed by atoms with Gasteiger partial charge >= 0.3 is 0 Å². The Balaban J connectivity index is 1.62. The van der Waals surface area contributed by atoms with Gasteiger partial charge in [-0.2, -0.15) is 5.26 Å². The number of anilines is 2. The van der Waals surface area contributed by atoms with Crippen LogP contribution in [0.3, 0.4) is 0 Å². The van der Waals surface area contributed by atoms with Gasteiger partial charge in [0.1, 0.15) is 6.07 Å². The van der Waals surface area contributed by atoms with E-state index in [0.717, 1.165) is 65.8 Å². The molecule has 0 bridgehead atoms. The summed E-state index contributed by atoms with van der Waals surface area (Å²) in [4.78, 5) is 22.5. The van der Waals surface area contributed by atoms with Gasteiger partial charge in [-0.1, -0.05) is 12.1 Å². The molecule has 2 aromatic heterocycles. The van der Waals surface area contributed by atoms with Crippen molar-refractivity contribution >= 4 is 28.3 Å². The molecule has 5 rings (SSSR count). The van der Waals surface area contributed by atoms with Crippen LogP contribution in [-0.4, -0.2) is 36.0 Å². The van der Waals surface area contributed by atoms with Crippen molar-refractivity contribution in [2.75, 3.05) is 30.4 Å². The highest BCUT2D eigenvalue weighted by Crippen LogP contribution is 2.36. The Morgan fingerprint density at radius 3 is 2.87 bits per heavy atom. The van der Waals surface area contributed by atoms with E-state index in [1.165, 1.54) is 0 Å². The number of benzene rings is 1. The lowest BCUT2D eigenvalue weighted by atomic mass is 10.0. The molecule has 0 spiro atoms. The highest BCUT2D eigenvalue weighted by atomic mass is 16.2. The van der Waals surface area contributed by atoms with Crippen molar-refractivity contribution in [1.29, 1.82) is 5.26 Å². The van der Waals surface area contributed by atoms with Gasteiger partial charge in [-0.05, 0) is 44.0 Å². The van der Waals surface area contributed by atoms with Crippen molar-refractivity contribution in [3.8, 4) is 17.3 Å². The Morgan fingerprint density at radius 2 is 2.20 bits per heavy atom. The number of amides is 1. The highest BCUT2D eigenvalue weighted by molar-refractivity contribution is 6.03. The van der Waals surface area contributed by atoms with Gasteiger partial charge in [0, 0.05) is 48.4 Å². The van der Waals surface area contributed by atoms with Crippen molar-refractivity contribution in [3.63, 3.8) is 0 Å². The molecular weight excluding hydrogens is 376 g/mol. The SMILES string of the molecule is CNCc1cnc(NC(=O)C2CC2)c2[nH]c(-c3cccc(N4CCC4)c3C#N)cc12. The molecule has 3 aromatic rings. The first-order valence-corrected chi connectivity index (χ1v) is 10.4. The Bertz CT molecular complexity index is 1170. The molecule has 1 saturated heterocycles.